The smallest absolute Gasteiger partial charge is 0.335 e. The fourth-order valence-electron chi connectivity index (χ4n) is 8.13. The van der Waals surface area contributed by atoms with Crippen LogP contribution in [0.15, 0.2) is 27.6 Å². The second-order valence-electron chi connectivity index (χ2n) is 10.8. The van der Waals surface area contributed by atoms with Gasteiger partial charge in [-0.1, -0.05) is 6.92 Å². The van der Waals surface area contributed by atoms with E-state index in [9.17, 15) is 24.9 Å². The van der Waals surface area contributed by atoms with Gasteiger partial charge in [-0.05, 0) is 80.8 Å². The number of rotatable bonds is 1. The van der Waals surface area contributed by atoms with E-state index >= 15 is 0 Å². The predicted molar refractivity (Wildman–Crippen MR) is 109 cm³/mol. The molecule has 4 aliphatic carbocycles. The second kappa shape index (κ2) is 6.50. The minimum atomic E-state index is -1.20. The highest BCUT2D eigenvalue weighted by molar-refractivity contribution is 5.93. The van der Waals surface area contributed by atoms with Crippen molar-refractivity contribution in [2.24, 2.45) is 28.6 Å². The van der Waals surface area contributed by atoms with E-state index < -0.39 is 22.7 Å². The van der Waals surface area contributed by atoms with Crippen LogP contribution in [0.5, 0.6) is 0 Å². The van der Waals surface area contributed by atoms with Crippen molar-refractivity contribution < 1.29 is 24.5 Å². The van der Waals surface area contributed by atoms with Crippen LogP contribution in [-0.2, 0) is 4.79 Å². The van der Waals surface area contributed by atoms with Gasteiger partial charge in [-0.2, -0.15) is 0 Å². The minimum Gasteiger partial charge on any atom is -0.431 e. The topological polar surface area (TPSA) is 108 Å². The Balaban J connectivity index is 1.58. The summed E-state index contributed by atoms with van der Waals surface area (Å²) >= 11 is 0. The molecule has 4 aliphatic rings. The molecule has 6 heteroatoms. The van der Waals surface area contributed by atoms with Crippen molar-refractivity contribution in [1.29, 1.82) is 0 Å². The van der Waals surface area contributed by atoms with Crippen LogP contribution < -0.4 is 5.63 Å². The van der Waals surface area contributed by atoms with Gasteiger partial charge >= 0.3 is 5.63 Å². The third-order valence-corrected chi connectivity index (χ3v) is 9.80. The second-order valence-corrected chi connectivity index (χ2v) is 10.8. The molecule has 0 aromatic carbocycles. The number of Topliss-reactive ketones (excluding diaryl/α,β-unsaturated/α-hetero) is 1. The molecule has 1 heterocycles. The lowest BCUT2D eigenvalue weighted by molar-refractivity contribution is -0.228. The van der Waals surface area contributed by atoms with Gasteiger partial charge in [0.2, 0.25) is 0 Å². The Bertz CT molecular complexity index is 904. The SMILES string of the molecule is C[C@]12CC[C@H](O)C[C@H]1CC[C@@H]1[C@@H]2[C@H](O)C(=O)[C@]2(C)[C@H](c3ccc(=O)oc3)CC[C@]12O. The number of carbonyl (C=O) groups excluding carboxylic acids is 1. The summed E-state index contributed by atoms with van der Waals surface area (Å²) in [6, 6.07) is 3.03. The summed E-state index contributed by atoms with van der Waals surface area (Å²) in [5.74, 6) is -0.769. The largest absolute Gasteiger partial charge is 0.431 e. The quantitative estimate of drug-likeness (QED) is 0.649. The van der Waals surface area contributed by atoms with Crippen LogP contribution in [0.25, 0.3) is 0 Å². The fourth-order valence-corrected chi connectivity index (χ4v) is 8.13. The number of aliphatic hydroxyl groups excluding tert-OH is 2. The number of fused-ring (bicyclic) bond motifs is 5. The van der Waals surface area contributed by atoms with E-state index in [4.69, 9.17) is 4.42 Å². The summed E-state index contributed by atoms with van der Waals surface area (Å²) in [4.78, 5) is 25.2. The third kappa shape index (κ3) is 2.41. The third-order valence-electron chi connectivity index (χ3n) is 9.80. The van der Waals surface area contributed by atoms with Gasteiger partial charge in [0.25, 0.3) is 0 Å². The average molecular weight is 417 g/mol. The van der Waals surface area contributed by atoms with Crippen LogP contribution in [0.3, 0.4) is 0 Å². The monoisotopic (exact) mass is 416 g/mol. The normalized spacial score (nSPS) is 50.5. The van der Waals surface area contributed by atoms with Gasteiger partial charge in [-0.25, -0.2) is 4.79 Å². The van der Waals surface area contributed by atoms with Crippen LogP contribution in [0.4, 0.5) is 0 Å². The first-order chi connectivity index (χ1) is 14.1. The molecular weight excluding hydrogens is 384 g/mol. The Morgan fingerprint density at radius 3 is 2.50 bits per heavy atom. The molecule has 3 N–H and O–H groups in total. The van der Waals surface area contributed by atoms with Crippen molar-refractivity contribution in [2.75, 3.05) is 0 Å². The van der Waals surface area contributed by atoms with Crippen molar-refractivity contribution in [1.82, 2.24) is 0 Å². The Morgan fingerprint density at radius 1 is 1.03 bits per heavy atom. The first-order valence-electron chi connectivity index (χ1n) is 11.3. The molecule has 0 amide bonds. The number of hydrogen-bond acceptors (Lipinski definition) is 6. The molecule has 0 unspecified atom stereocenters. The molecule has 1 aromatic heterocycles. The van der Waals surface area contributed by atoms with Crippen molar-refractivity contribution in [3.8, 4) is 0 Å². The van der Waals surface area contributed by atoms with Crippen LogP contribution >= 0.6 is 0 Å². The average Bonchev–Trinajstić information content (AvgIpc) is 3.00. The summed E-state index contributed by atoms with van der Waals surface area (Å²) in [5, 5.41) is 33.7. The summed E-state index contributed by atoms with van der Waals surface area (Å²) in [7, 11) is 0. The molecule has 1 aromatic rings. The van der Waals surface area contributed by atoms with Crippen molar-refractivity contribution in [2.45, 2.75) is 82.5 Å². The van der Waals surface area contributed by atoms with Gasteiger partial charge in [0, 0.05) is 17.9 Å². The first kappa shape index (κ1) is 20.4. The van der Waals surface area contributed by atoms with Gasteiger partial charge in [0.05, 0.1) is 23.4 Å². The summed E-state index contributed by atoms with van der Waals surface area (Å²) in [5.41, 5.74) is -2.29. The number of ketones is 1. The van der Waals surface area contributed by atoms with E-state index in [2.05, 4.69) is 6.92 Å². The minimum absolute atomic E-state index is 0.160. The molecule has 0 bridgehead atoms. The first-order valence-corrected chi connectivity index (χ1v) is 11.3. The van der Waals surface area contributed by atoms with E-state index in [1.807, 2.05) is 0 Å². The molecule has 0 spiro atoms. The Labute approximate surface area is 176 Å². The summed E-state index contributed by atoms with van der Waals surface area (Å²) in [6.07, 6.45) is 4.88. The maximum atomic E-state index is 13.8. The van der Waals surface area contributed by atoms with E-state index in [1.165, 1.54) is 12.3 Å². The highest BCUT2D eigenvalue weighted by Crippen LogP contribution is 2.69. The number of aliphatic hydroxyl groups is 3. The van der Waals surface area contributed by atoms with Gasteiger partial charge in [0.15, 0.2) is 5.78 Å². The lowest BCUT2D eigenvalue weighted by Gasteiger charge is -2.64. The van der Waals surface area contributed by atoms with Crippen LogP contribution in [-0.4, -0.2) is 38.9 Å². The fraction of sp³-hybridized carbons (Fsp3) is 0.750. The van der Waals surface area contributed by atoms with Crippen LogP contribution in [0.1, 0.15) is 70.3 Å². The van der Waals surface area contributed by atoms with Gasteiger partial charge < -0.3 is 19.7 Å². The van der Waals surface area contributed by atoms with Crippen LogP contribution in [0, 0.1) is 28.6 Å². The Hall–Kier alpha value is -1.50. The van der Waals surface area contributed by atoms with Gasteiger partial charge in [-0.3, -0.25) is 4.79 Å². The highest BCUT2D eigenvalue weighted by atomic mass is 16.4. The molecule has 0 saturated heterocycles. The van der Waals surface area contributed by atoms with Gasteiger partial charge in [-0.15, -0.1) is 0 Å². The molecule has 4 saturated carbocycles. The zero-order valence-electron chi connectivity index (χ0n) is 17.7. The van der Waals surface area contributed by atoms with Crippen LogP contribution in [0.2, 0.25) is 0 Å². The molecule has 0 radical (unpaired) electrons. The van der Waals surface area contributed by atoms with E-state index in [1.54, 1.807) is 13.0 Å². The lowest BCUT2D eigenvalue weighted by Crippen LogP contribution is -2.70. The molecule has 30 heavy (non-hydrogen) atoms. The molecule has 6 nitrogen and oxygen atoms in total. The molecule has 5 rings (SSSR count). The zero-order valence-corrected chi connectivity index (χ0v) is 17.7. The van der Waals surface area contributed by atoms with Crippen molar-refractivity contribution in [3.05, 3.63) is 34.4 Å². The van der Waals surface area contributed by atoms with Gasteiger partial charge in [0.1, 0.15) is 6.10 Å². The lowest BCUT2D eigenvalue weighted by atomic mass is 9.42. The van der Waals surface area contributed by atoms with E-state index in [0.29, 0.717) is 25.7 Å². The predicted octanol–water partition coefficient (Wildman–Crippen LogP) is 2.39. The molecule has 9 atom stereocenters. The Kier molecular flexibility index (Phi) is 4.42. The Morgan fingerprint density at radius 2 is 1.80 bits per heavy atom. The maximum Gasteiger partial charge on any atom is 0.335 e. The van der Waals surface area contributed by atoms with E-state index in [0.717, 1.165) is 24.8 Å². The summed E-state index contributed by atoms with van der Waals surface area (Å²) in [6.45, 7) is 3.96. The molecule has 164 valence electrons. The number of carbonyl (C=O) groups is 1. The zero-order chi connectivity index (χ0) is 21.5. The highest BCUT2D eigenvalue weighted by Gasteiger charge is 2.73. The van der Waals surface area contributed by atoms with Crippen molar-refractivity contribution in [3.63, 3.8) is 0 Å². The van der Waals surface area contributed by atoms with Crippen molar-refractivity contribution >= 4 is 5.78 Å². The maximum absolute atomic E-state index is 13.8. The number of hydrogen-bond donors (Lipinski definition) is 3. The van der Waals surface area contributed by atoms with E-state index in [-0.39, 0.29) is 41.0 Å². The molecular formula is C24H32O6. The standard InChI is InChI=1S/C24H32O6/c1-22-9-7-15(25)11-14(22)4-5-17-19(22)20(27)21(28)23(2)16(8-10-24(17,23)29)13-3-6-18(26)30-12-13/h3,6,12,14-17,19-20,25,27,29H,4-5,7-11H2,1-2H3/t14-,15+,16+,17-,19-,20+,22+,23+,24+/m1/s1. The molecule has 0 aliphatic heterocycles. The summed E-state index contributed by atoms with van der Waals surface area (Å²) < 4.78 is 5.06. The molecule has 4 fully saturated rings.